The summed E-state index contributed by atoms with van der Waals surface area (Å²) in [7, 11) is 0. The lowest BCUT2D eigenvalue weighted by atomic mass is 10.0. The van der Waals surface area contributed by atoms with E-state index >= 15 is 0 Å². The summed E-state index contributed by atoms with van der Waals surface area (Å²) in [6.07, 6.45) is 4.26. The van der Waals surface area contributed by atoms with Crippen LogP contribution < -0.4 is 0 Å². The molecule has 2 nitrogen and oxygen atoms in total. The summed E-state index contributed by atoms with van der Waals surface area (Å²) in [5, 5.41) is 0. The van der Waals surface area contributed by atoms with Crippen molar-refractivity contribution in [1.29, 1.82) is 0 Å². The average Bonchev–Trinajstić information content (AvgIpc) is 3.05. The van der Waals surface area contributed by atoms with Gasteiger partial charge in [-0.15, -0.1) is 0 Å². The first-order chi connectivity index (χ1) is 11.8. The zero-order valence-corrected chi connectivity index (χ0v) is 13.4. The van der Waals surface area contributed by atoms with Crippen LogP contribution in [0.5, 0.6) is 0 Å². The molecule has 0 amide bonds. The molecule has 4 aromatic rings. The van der Waals surface area contributed by atoms with E-state index < -0.39 is 0 Å². The summed E-state index contributed by atoms with van der Waals surface area (Å²) in [4.78, 5) is 4.61. The normalized spacial score (nSPS) is 11.4. The number of para-hydroxylation sites is 2. The highest BCUT2D eigenvalue weighted by atomic mass is 16.3. The maximum absolute atomic E-state index is 5.92. The fourth-order valence-corrected chi connectivity index (χ4v) is 2.80. The van der Waals surface area contributed by atoms with Crippen LogP contribution in [0.1, 0.15) is 16.7 Å². The second kappa shape index (κ2) is 6.17. The van der Waals surface area contributed by atoms with Crippen molar-refractivity contribution < 1.29 is 4.42 Å². The molecule has 0 aliphatic rings. The van der Waals surface area contributed by atoms with Gasteiger partial charge in [-0.25, -0.2) is 4.98 Å². The molecule has 0 aliphatic heterocycles. The molecule has 0 saturated carbocycles. The second-order valence-electron chi connectivity index (χ2n) is 5.75. The molecule has 0 N–H and O–H groups in total. The summed E-state index contributed by atoms with van der Waals surface area (Å²) in [5.41, 5.74) is 6.25. The number of benzene rings is 3. The third-order valence-electron chi connectivity index (χ3n) is 4.15. The van der Waals surface area contributed by atoms with Crippen molar-refractivity contribution in [2.75, 3.05) is 0 Å². The van der Waals surface area contributed by atoms with E-state index in [1.54, 1.807) is 0 Å². The number of hydrogen-bond acceptors (Lipinski definition) is 2. The van der Waals surface area contributed by atoms with Crippen LogP contribution >= 0.6 is 0 Å². The smallest absolute Gasteiger partial charge is 0.227 e. The van der Waals surface area contributed by atoms with Gasteiger partial charge in [0, 0.05) is 5.56 Å². The molecule has 1 aromatic heterocycles. The minimum atomic E-state index is 0.670. The Labute approximate surface area is 141 Å². The fraction of sp³-hybridized carbons (Fsp3) is 0.0455. The van der Waals surface area contributed by atoms with Crippen LogP contribution in [0.15, 0.2) is 77.2 Å². The lowest BCUT2D eigenvalue weighted by Gasteiger charge is -2.05. The summed E-state index contributed by atoms with van der Waals surface area (Å²) < 4.78 is 5.92. The monoisotopic (exact) mass is 311 g/mol. The fourth-order valence-electron chi connectivity index (χ4n) is 2.80. The van der Waals surface area contributed by atoms with E-state index in [2.05, 4.69) is 48.3 Å². The molecular formula is C22H17NO. The molecule has 0 radical (unpaired) electrons. The highest BCUT2D eigenvalue weighted by Gasteiger charge is 2.11. The van der Waals surface area contributed by atoms with Crippen LogP contribution in [0, 0.1) is 6.92 Å². The van der Waals surface area contributed by atoms with Gasteiger partial charge in [0.05, 0.1) is 0 Å². The maximum atomic E-state index is 5.92. The molecule has 0 fully saturated rings. The van der Waals surface area contributed by atoms with Crippen molar-refractivity contribution in [1.82, 2.24) is 4.98 Å². The number of oxazole rings is 1. The Bertz CT molecular complexity index is 980. The van der Waals surface area contributed by atoms with Gasteiger partial charge in [-0.05, 0) is 41.8 Å². The first-order valence-electron chi connectivity index (χ1n) is 8.00. The van der Waals surface area contributed by atoms with Crippen molar-refractivity contribution in [3.8, 4) is 11.5 Å². The van der Waals surface area contributed by atoms with Crippen molar-refractivity contribution in [2.45, 2.75) is 6.92 Å². The van der Waals surface area contributed by atoms with E-state index in [0.29, 0.717) is 5.89 Å². The van der Waals surface area contributed by atoms with Gasteiger partial charge in [0.2, 0.25) is 5.89 Å². The van der Waals surface area contributed by atoms with E-state index in [-0.39, 0.29) is 0 Å². The molecule has 116 valence electrons. The van der Waals surface area contributed by atoms with Gasteiger partial charge < -0.3 is 4.42 Å². The molecule has 0 saturated heterocycles. The number of fused-ring (bicyclic) bond motifs is 1. The first kappa shape index (κ1) is 14.5. The first-order valence-corrected chi connectivity index (χ1v) is 8.00. The number of hydrogen-bond donors (Lipinski definition) is 0. The molecule has 2 heteroatoms. The van der Waals surface area contributed by atoms with E-state index in [1.165, 1.54) is 11.1 Å². The molecule has 1 heterocycles. The Balaban J connectivity index is 1.74. The van der Waals surface area contributed by atoms with E-state index in [0.717, 1.165) is 22.2 Å². The number of aromatic nitrogens is 1. The highest BCUT2D eigenvalue weighted by molar-refractivity contribution is 5.79. The molecule has 3 aromatic carbocycles. The lowest BCUT2D eigenvalue weighted by molar-refractivity contribution is 0.619. The summed E-state index contributed by atoms with van der Waals surface area (Å²) in [6.45, 7) is 2.11. The Morgan fingerprint density at radius 1 is 0.792 bits per heavy atom. The van der Waals surface area contributed by atoms with E-state index in [4.69, 9.17) is 4.42 Å². The molecule has 0 bridgehead atoms. The predicted molar refractivity (Wildman–Crippen MR) is 99.6 cm³/mol. The Morgan fingerprint density at radius 3 is 2.42 bits per heavy atom. The average molecular weight is 311 g/mol. The molecule has 0 spiro atoms. The third kappa shape index (κ3) is 2.74. The SMILES string of the molecule is Cc1c(C=Cc2ccccc2)cccc1-c1nc2ccccc2o1. The van der Waals surface area contributed by atoms with Crippen molar-refractivity contribution in [3.63, 3.8) is 0 Å². The van der Waals surface area contributed by atoms with E-state index in [1.807, 2.05) is 48.5 Å². The van der Waals surface area contributed by atoms with Gasteiger partial charge in [0.1, 0.15) is 5.52 Å². The van der Waals surface area contributed by atoms with Gasteiger partial charge in [-0.3, -0.25) is 0 Å². The van der Waals surface area contributed by atoms with Crippen LogP contribution in [0.25, 0.3) is 34.7 Å². The van der Waals surface area contributed by atoms with Crippen molar-refractivity contribution in [3.05, 3.63) is 89.5 Å². The maximum Gasteiger partial charge on any atom is 0.227 e. The van der Waals surface area contributed by atoms with Crippen LogP contribution in [0.3, 0.4) is 0 Å². The van der Waals surface area contributed by atoms with Crippen LogP contribution in [0.2, 0.25) is 0 Å². The van der Waals surface area contributed by atoms with Crippen LogP contribution in [-0.2, 0) is 0 Å². The van der Waals surface area contributed by atoms with Crippen LogP contribution in [0.4, 0.5) is 0 Å². The van der Waals surface area contributed by atoms with Crippen LogP contribution in [-0.4, -0.2) is 4.98 Å². The van der Waals surface area contributed by atoms with Gasteiger partial charge in [-0.1, -0.05) is 66.7 Å². The molecule has 4 rings (SSSR count). The zero-order chi connectivity index (χ0) is 16.4. The standard InChI is InChI=1S/C22H17NO/c1-16-18(15-14-17-8-3-2-4-9-17)10-7-11-19(16)22-23-20-12-5-6-13-21(20)24-22/h2-15H,1H3. The zero-order valence-electron chi connectivity index (χ0n) is 13.4. The Morgan fingerprint density at radius 2 is 1.58 bits per heavy atom. The second-order valence-corrected chi connectivity index (χ2v) is 5.75. The van der Waals surface area contributed by atoms with Crippen molar-refractivity contribution in [2.24, 2.45) is 0 Å². The van der Waals surface area contributed by atoms with Gasteiger partial charge in [-0.2, -0.15) is 0 Å². The summed E-state index contributed by atoms with van der Waals surface area (Å²) in [6, 6.07) is 24.4. The minimum absolute atomic E-state index is 0.670. The summed E-state index contributed by atoms with van der Waals surface area (Å²) in [5.74, 6) is 0.670. The minimum Gasteiger partial charge on any atom is -0.436 e. The molecule has 0 aliphatic carbocycles. The summed E-state index contributed by atoms with van der Waals surface area (Å²) >= 11 is 0. The predicted octanol–water partition coefficient (Wildman–Crippen LogP) is 5.97. The highest BCUT2D eigenvalue weighted by Crippen LogP contribution is 2.29. The number of rotatable bonds is 3. The van der Waals surface area contributed by atoms with Gasteiger partial charge in [0.25, 0.3) is 0 Å². The topological polar surface area (TPSA) is 26.0 Å². The van der Waals surface area contributed by atoms with Gasteiger partial charge >= 0.3 is 0 Å². The Hall–Kier alpha value is -3.13. The van der Waals surface area contributed by atoms with Crippen molar-refractivity contribution >= 4 is 23.3 Å². The molecular weight excluding hydrogens is 294 g/mol. The Kier molecular flexibility index (Phi) is 3.72. The lowest BCUT2D eigenvalue weighted by Crippen LogP contribution is -1.87. The van der Waals surface area contributed by atoms with E-state index in [9.17, 15) is 0 Å². The largest absolute Gasteiger partial charge is 0.436 e. The molecule has 24 heavy (non-hydrogen) atoms. The number of nitrogens with zero attached hydrogens (tertiary/aromatic N) is 1. The van der Waals surface area contributed by atoms with Gasteiger partial charge in [0.15, 0.2) is 5.58 Å². The quantitative estimate of drug-likeness (QED) is 0.435. The molecule has 0 unspecified atom stereocenters. The third-order valence-corrected chi connectivity index (χ3v) is 4.15. The molecule has 0 atom stereocenters.